The lowest BCUT2D eigenvalue weighted by atomic mass is 9.90. The first-order valence-electron chi connectivity index (χ1n) is 9.26. The number of rotatable bonds is 6. The Morgan fingerprint density at radius 1 is 1.04 bits per heavy atom. The fourth-order valence-corrected chi connectivity index (χ4v) is 3.37. The van der Waals surface area contributed by atoms with Crippen LogP contribution in [0.3, 0.4) is 0 Å². The van der Waals surface area contributed by atoms with Crippen molar-refractivity contribution >= 4 is 17.6 Å². The van der Waals surface area contributed by atoms with Crippen LogP contribution in [0.5, 0.6) is 5.75 Å². The standard InChI is InChI=1S/C22H25NO4/c1-15-7-10-20(26-2)19(11-15)23-21(24)14-27-22(25)13-16-8-9-17-5-3-4-6-18(17)12-16/h7-12H,3-6,13-14H2,1-2H3,(H,23,24). The Balaban J connectivity index is 1.52. The highest BCUT2D eigenvalue weighted by molar-refractivity contribution is 5.94. The summed E-state index contributed by atoms with van der Waals surface area (Å²) in [6, 6.07) is 11.7. The van der Waals surface area contributed by atoms with E-state index in [1.807, 2.05) is 25.1 Å². The highest BCUT2D eigenvalue weighted by atomic mass is 16.5. The molecule has 0 atom stereocenters. The van der Waals surface area contributed by atoms with Crippen molar-refractivity contribution < 1.29 is 19.1 Å². The quantitative estimate of drug-likeness (QED) is 0.792. The Labute approximate surface area is 159 Å². The normalized spacial score (nSPS) is 12.8. The molecular weight excluding hydrogens is 342 g/mol. The number of nitrogens with one attached hydrogen (secondary N) is 1. The van der Waals surface area contributed by atoms with Gasteiger partial charge in [-0.3, -0.25) is 9.59 Å². The lowest BCUT2D eigenvalue weighted by molar-refractivity contribution is -0.146. The van der Waals surface area contributed by atoms with Crippen LogP contribution in [-0.2, 0) is 33.6 Å². The summed E-state index contributed by atoms with van der Waals surface area (Å²) in [6.45, 7) is 1.61. The second kappa shape index (κ2) is 8.71. The fourth-order valence-electron chi connectivity index (χ4n) is 3.37. The third-order valence-corrected chi connectivity index (χ3v) is 4.75. The first kappa shape index (κ1) is 19.0. The van der Waals surface area contributed by atoms with Gasteiger partial charge in [0.2, 0.25) is 0 Å². The molecule has 0 spiro atoms. The van der Waals surface area contributed by atoms with E-state index in [0.717, 1.165) is 24.0 Å². The van der Waals surface area contributed by atoms with Crippen LogP contribution in [0, 0.1) is 6.92 Å². The number of amides is 1. The van der Waals surface area contributed by atoms with Crippen molar-refractivity contribution in [3.63, 3.8) is 0 Å². The molecule has 5 heteroatoms. The van der Waals surface area contributed by atoms with E-state index in [-0.39, 0.29) is 13.0 Å². The first-order valence-corrected chi connectivity index (χ1v) is 9.26. The molecule has 2 aromatic rings. The molecule has 142 valence electrons. The van der Waals surface area contributed by atoms with Gasteiger partial charge in [-0.2, -0.15) is 0 Å². The van der Waals surface area contributed by atoms with Gasteiger partial charge in [-0.05, 0) is 67.0 Å². The summed E-state index contributed by atoms with van der Waals surface area (Å²) in [5, 5.41) is 2.72. The van der Waals surface area contributed by atoms with Crippen molar-refractivity contribution in [2.45, 2.75) is 39.0 Å². The van der Waals surface area contributed by atoms with Gasteiger partial charge >= 0.3 is 5.97 Å². The van der Waals surface area contributed by atoms with E-state index in [2.05, 4.69) is 17.4 Å². The molecule has 2 aromatic carbocycles. The van der Waals surface area contributed by atoms with Crippen LogP contribution in [0.4, 0.5) is 5.69 Å². The van der Waals surface area contributed by atoms with E-state index >= 15 is 0 Å². The highest BCUT2D eigenvalue weighted by Crippen LogP contribution is 2.25. The molecular formula is C22H25NO4. The maximum Gasteiger partial charge on any atom is 0.310 e. The van der Waals surface area contributed by atoms with Crippen LogP contribution >= 0.6 is 0 Å². The minimum atomic E-state index is -0.405. The smallest absolute Gasteiger partial charge is 0.310 e. The average Bonchev–Trinajstić information content (AvgIpc) is 2.66. The number of methoxy groups -OCH3 is 1. The van der Waals surface area contributed by atoms with Gasteiger partial charge in [0.05, 0.1) is 19.2 Å². The first-order chi connectivity index (χ1) is 13.0. The van der Waals surface area contributed by atoms with Crippen molar-refractivity contribution in [2.75, 3.05) is 19.0 Å². The number of hydrogen-bond donors (Lipinski definition) is 1. The number of benzene rings is 2. The largest absolute Gasteiger partial charge is 0.495 e. The predicted octanol–water partition coefficient (Wildman–Crippen LogP) is 3.61. The van der Waals surface area contributed by atoms with E-state index in [0.29, 0.717) is 11.4 Å². The second-order valence-electron chi connectivity index (χ2n) is 6.90. The molecule has 27 heavy (non-hydrogen) atoms. The number of hydrogen-bond acceptors (Lipinski definition) is 4. The van der Waals surface area contributed by atoms with E-state index in [1.165, 1.54) is 24.0 Å². The number of anilines is 1. The Bertz CT molecular complexity index is 844. The van der Waals surface area contributed by atoms with Gasteiger partial charge in [-0.1, -0.05) is 24.3 Å². The molecule has 0 aliphatic heterocycles. The maximum absolute atomic E-state index is 12.1. The number of esters is 1. The van der Waals surface area contributed by atoms with E-state index in [4.69, 9.17) is 9.47 Å². The van der Waals surface area contributed by atoms with Crippen molar-refractivity contribution in [3.05, 3.63) is 58.7 Å². The molecule has 0 fully saturated rings. The lowest BCUT2D eigenvalue weighted by Crippen LogP contribution is -2.22. The molecule has 0 saturated heterocycles. The monoisotopic (exact) mass is 367 g/mol. The zero-order valence-electron chi connectivity index (χ0n) is 15.8. The third-order valence-electron chi connectivity index (χ3n) is 4.75. The Hall–Kier alpha value is -2.82. The van der Waals surface area contributed by atoms with Gasteiger partial charge in [-0.15, -0.1) is 0 Å². The number of aryl methyl sites for hydroxylation is 3. The molecule has 5 nitrogen and oxygen atoms in total. The molecule has 0 aromatic heterocycles. The summed E-state index contributed by atoms with van der Waals surface area (Å²) in [5.74, 6) is -0.232. The average molecular weight is 367 g/mol. The highest BCUT2D eigenvalue weighted by Gasteiger charge is 2.14. The number of ether oxygens (including phenoxy) is 2. The Morgan fingerprint density at radius 3 is 2.59 bits per heavy atom. The van der Waals surface area contributed by atoms with Gasteiger partial charge in [0.15, 0.2) is 6.61 Å². The van der Waals surface area contributed by atoms with Crippen LogP contribution in [0.25, 0.3) is 0 Å². The number of carbonyl (C=O) groups excluding carboxylic acids is 2. The van der Waals surface area contributed by atoms with Crippen molar-refractivity contribution in [1.82, 2.24) is 0 Å². The Kier molecular flexibility index (Phi) is 6.12. The van der Waals surface area contributed by atoms with Crippen LogP contribution in [0.2, 0.25) is 0 Å². The number of fused-ring (bicyclic) bond motifs is 1. The molecule has 1 N–H and O–H groups in total. The summed E-state index contributed by atoms with van der Waals surface area (Å²) in [7, 11) is 1.54. The van der Waals surface area contributed by atoms with Crippen molar-refractivity contribution in [1.29, 1.82) is 0 Å². The van der Waals surface area contributed by atoms with Crippen LogP contribution in [-0.4, -0.2) is 25.6 Å². The molecule has 0 heterocycles. The summed E-state index contributed by atoms with van der Waals surface area (Å²) >= 11 is 0. The van der Waals surface area contributed by atoms with Crippen molar-refractivity contribution in [3.8, 4) is 5.75 Å². The lowest BCUT2D eigenvalue weighted by Gasteiger charge is -2.16. The van der Waals surface area contributed by atoms with Gasteiger partial charge < -0.3 is 14.8 Å². The maximum atomic E-state index is 12.1. The fraction of sp³-hybridized carbons (Fsp3) is 0.364. The van der Waals surface area contributed by atoms with Gasteiger partial charge in [0.25, 0.3) is 5.91 Å². The van der Waals surface area contributed by atoms with Gasteiger partial charge in [0.1, 0.15) is 5.75 Å². The summed E-state index contributed by atoms with van der Waals surface area (Å²) in [6.07, 6.45) is 4.79. The topological polar surface area (TPSA) is 64.6 Å². The second-order valence-corrected chi connectivity index (χ2v) is 6.90. The molecule has 0 radical (unpaired) electrons. The minimum Gasteiger partial charge on any atom is -0.495 e. The van der Waals surface area contributed by atoms with Crippen LogP contribution < -0.4 is 10.1 Å². The summed E-state index contributed by atoms with van der Waals surface area (Å²) in [5.41, 5.74) is 5.20. The van der Waals surface area contributed by atoms with Gasteiger partial charge in [0, 0.05) is 0 Å². The van der Waals surface area contributed by atoms with Crippen LogP contribution in [0.1, 0.15) is 35.1 Å². The summed E-state index contributed by atoms with van der Waals surface area (Å²) in [4.78, 5) is 24.2. The SMILES string of the molecule is COc1ccc(C)cc1NC(=O)COC(=O)Cc1ccc2c(c1)CCCC2. The number of carbonyl (C=O) groups is 2. The molecule has 0 unspecified atom stereocenters. The molecule has 1 aliphatic rings. The van der Waals surface area contributed by atoms with E-state index < -0.39 is 11.9 Å². The van der Waals surface area contributed by atoms with Crippen LogP contribution in [0.15, 0.2) is 36.4 Å². The van der Waals surface area contributed by atoms with Crippen molar-refractivity contribution in [2.24, 2.45) is 0 Å². The van der Waals surface area contributed by atoms with E-state index in [1.54, 1.807) is 13.2 Å². The zero-order chi connectivity index (χ0) is 19.2. The summed E-state index contributed by atoms with van der Waals surface area (Å²) < 4.78 is 10.4. The third kappa shape index (κ3) is 5.09. The molecule has 0 saturated carbocycles. The molecule has 0 bridgehead atoms. The Morgan fingerprint density at radius 2 is 1.81 bits per heavy atom. The predicted molar refractivity (Wildman–Crippen MR) is 104 cm³/mol. The molecule has 1 aliphatic carbocycles. The zero-order valence-corrected chi connectivity index (χ0v) is 15.8. The van der Waals surface area contributed by atoms with Gasteiger partial charge in [-0.25, -0.2) is 0 Å². The minimum absolute atomic E-state index is 0.175. The molecule has 1 amide bonds. The van der Waals surface area contributed by atoms with E-state index in [9.17, 15) is 9.59 Å². The molecule has 3 rings (SSSR count).